The maximum absolute atomic E-state index is 13.2. The molecule has 1 aromatic heterocycles. The van der Waals surface area contributed by atoms with Gasteiger partial charge in [-0.15, -0.1) is 0 Å². The van der Waals surface area contributed by atoms with E-state index in [4.69, 9.17) is 26.3 Å². The Balaban J connectivity index is 1.13. The van der Waals surface area contributed by atoms with E-state index in [2.05, 4.69) is 49.0 Å². The van der Waals surface area contributed by atoms with Crippen LogP contribution in [0.2, 0.25) is 5.02 Å². The Hall–Kier alpha value is -3.62. The van der Waals surface area contributed by atoms with E-state index in [0.717, 1.165) is 0 Å². The summed E-state index contributed by atoms with van der Waals surface area (Å²) in [6.07, 6.45) is 4.55. The van der Waals surface area contributed by atoms with E-state index in [1.54, 1.807) is 35.5 Å². The molecule has 5 rings (SSSR count). The van der Waals surface area contributed by atoms with E-state index in [1.807, 2.05) is 4.90 Å². The number of amides is 2. The molecule has 43 heavy (non-hydrogen) atoms. The predicted molar refractivity (Wildman–Crippen MR) is 160 cm³/mol. The summed E-state index contributed by atoms with van der Waals surface area (Å²) in [4.78, 5) is 38.3. The van der Waals surface area contributed by atoms with Crippen LogP contribution in [-0.2, 0) is 4.74 Å². The van der Waals surface area contributed by atoms with Crippen molar-refractivity contribution in [3.05, 3.63) is 46.7 Å². The molecule has 2 aromatic rings. The fourth-order valence-electron chi connectivity index (χ4n) is 6.85. The first-order valence-electron chi connectivity index (χ1n) is 14.8. The standard InChI is InChI=1S/C31H39ClN6O5/c1-30(2)26(31(3,4)27(30)42-23-6-5-19(16-33)24(32)15-23)36-25(40)20-17-34-28(35-18-20)37-13-9-22(10-14-37)43-29(41)38-11-7-21(39)8-12-38/h5-6,15,17-18,21-22,26-27,39H,7-14H2,1-4H3,(H,36,40). The van der Waals surface area contributed by atoms with Gasteiger partial charge < -0.3 is 29.7 Å². The van der Waals surface area contributed by atoms with Crippen molar-refractivity contribution < 1.29 is 24.2 Å². The van der Waals surface area contributed by atoms with Gasteiger partial charge in [-0.2, -0.15) is 5.26 Å². The van der Waals surface area contributed by atoms with Crippen molar-refractivity contribution in [1.29, 1.82) is 5.26 Å². The Kier molecular flexibility index (Phi) is 8.72. The molecule has 0 bridgehead atoms. The second-order valence-electron chi connectivity index (χ2n) is 12.9. The maximum atomic E-state index is 13.2. The molecule has 2 amide bonds. The number of benzene rings is 1. The first kappa shape index (κ1) is 30.8. The molecule has 0 atom stereocenters. The number of aromatic nitrogens is 2. The van der Waals surface area contributed by atoms with E-state index in [-0.39, 0.29) is 47.2 Å². The molecular weight excluding hydrogens is 572 g/mol. The quantitative estimate of drug-likeness (QED) is 0.493. The SMILES string of the molecule is CC1(C)C(NC(=O)c2cnc(N3CCC(OC(=O)N4CCC(O)CC4)CC3)nc2)C(C)(C)C1Oc1ccc(C#N)c(Cl)c1. The Morgan fingerprint density at radius 1 is 1.05 bits per heavy atom. The van der Waals surface area contributed by atoms with Crippen LogP contribution in [0, 0.1) is 22.2 Å². The number of carbonyl (C=O) groups excluding carboxylic acids is 2. The van der Waals surface area contributed by atoms with Crippen LogP contribution in [-0.4, -0.2) is 82.5 Å². The van der Waals surface area contributed by atoms with E-state index < -0.39 is 0 Å². The molecule has 3 fully saturated rings. The summed E-state index contributed by atoms with van der Waals surface area (Å²) in [5.74, 6) is 0.854. The van der Waals surface area contributed by atoms with E-state index >= 15 is 0 Å². The van der Waals surface area contributed by atoms with Crippen LogP contribution in [0.25, 0.3) is 0 Å². The number of rotatable bonds is 6. The van der Waals surface area contributed by atoms with Crippen LogP contribution in [0.15, 0.2) is 30.6 Å². The largest absolute Gasteiger partial charge is 0.489 e. The lowest BCUT2D eigenvalue weighted by atomic mass is 9.49. The lowest BCUT2D eigenvalue weighted by Crippen LogP contribution is -2.74. The maximum Gasteiger partial charge on any atom is 0.410 e. The van der Waals surface area contributed by atoms with Crippen molar-refractivity contribution in [2.75, 3.05) is 31.1 Å². The van der Waals surface area contributed by atoms with E-state index in [9.17, 15) is 14.7 Å². The number of anilines is 1. The minimum atomic E-state index is -0.386. The number of likely N-dealkylation sites (tertiary alicyclic amines) is 1. The van der Waals surface area contributed by atoms with E-state index in [0.29, 0.717) is 79.7 Å². The van der Waals surface area contributed by atoms with Crippen LogP contribution in [0.1, 0.15) is 69.3 Å². The number of piperidine rings is 2. The molecule has 0 unspecified atom stereocenters. The number of hydrogen-bond acceptors (Lipinski definition) is 9. The number of aliphatic hydroxyl groups excluding tert-OH is 1. The van der Waals surface area contributed by atoms with E-state index in [1.165, 1.54) is 0 Å². The van der Waals surface area contributed by atoms with Crippen molar-refractivity contribution in [1.82, 2.24) is 20.2 Å². The summed E-state index contributed by atoms with van der Waals surface area (Å²) in [5, 5.41) is 22.3. The van der Waals surface area contributed by atoms with Gasteiger partial charge in [0.15, 0.2) is 0 Å². The zero-order valence-corrected chi connectivity index (χ0v) is 25.8. The molecule has 2 aliphatic heterocycles. The normalized spacial score (nSPS) is 23.6. The van der Waals surface area contributed by atoms with Gasteiger partial charge in [0.1, 0.15) is 24.0 Å². The van der Waals surface area contributed by atoms with Crippen LogP contribution in [0.3, 0.4) is 0 Å². The number of nitriles is 1. The Bertz CT molecular complexity index is 1360. The number of nitrogens with one attached hydrogen (secondary N) is 1. The van der Waals surface area contributed by atoms with Crippen molar-refractivity contribution in [3.63, 3.8) is 0 Å². The fraction of sp³-hybridized carbons (Fsp3) is 0.581. The average Bonchev–Trinajstić information content (AvgIpc) is 2.99. The molecular formula is C31H39ClN6O5. The van der Waals surface area contributed by atoms with Gasteiger partial charge in [0.2, 0.25) is 5.95 Å². The lowest BCUT2D eigenvalue weighted by molar-refractivity contribution is -0.164. The summed E-state index contributed by atoms with van der Waals surface area (Å²) >= 11 is 6.20. The van der Waals surface area contributed by atoms with Gasteiger partial charge in [-0.05, 0) is 25.0 Å². The summed E-state index contributed by atoms with van der Waals surface area (Å²) in [6, 6.07) is 6.89. The zero-order valence-electron chi connectivity index (χ0n) is 25.0. The third-order valence-corrected chi connectivity index (χ3v) is 9.36. The van der Waals surface area contributed by atoms with Crippen molar-refractivity contribution >= 4 is 29.5 Å². The monoisotopic (exact) mass is 610 g/mol. The zero-order chi connectivity index (χ0) is 30.9. The number of hydrogen-bond donors (Lipinski definition) is 2. The van der Waals surface area contributed by atoms with Gasteiger partial charge >= 0.3 is 6.09 Å². The summed E-state index contributed by atoms with van der Waals surface area (Å²) in [7, 11) is 0. The predicted octanol–water partition coefficient (Wildman–Crippen LogP) is 4.18. The molecule has 3 heterocycles. The molecule has 11 nitrogen and oxygen atoms in total. The Labute approximate surface area is 257 Å². The van der Waals surface area contributed by atoms with Crippen molar-refractivity contribution in [2.45, 2.75) is 77.7 Å². The summed E-state index contributed by atoms with van der Waals surface area (Å²) in [5.41, 5.74) is -0.0122. The topological polar surface area (TPSA) is 141 Å². The Morgan fingerprint density at radius 2 is 1.67 bits per heavy atom. The van der Waals surface area contributed by atoms with Crippen LogP contribution < -0.4 is 15.0 Å². The molecule has 0 radical (unpaired) electrons. The van der Waals surface area contributed by atoms with Crippen LogP contribution in [0.4, 0.5) is 10.7 Å². The van der Waals surface area contributed by atoms with Gasteiger partial charge in [-0.25, -0.2) is 14.8 Å². The van der Waals surface area contributed by atoms with Crippen LogP contribution in [0.5, 0.6) is 5.75 Å². The molecule has 0 spiro atoms. The fourth-order valence-corrected chi connectivity index (χ4v) is 7.06. The third kappa shape index (κ3) is 6.36. The molecule has 3 aliphatic rings. The number of aliphatic hydroxyl groups is 1. The number of nitrogens with zero attached hydrogens (tertiary/aromatic N) is 5. The molecule has 1 saturated carbocycles. The van der Waals surface area contributed by atoms with Crippen molar-refractivity contribution in [3.8, 4) is 11.8 Å². The third-order valence-electron chi connectivity index (χ3n) is 9.05. The number of halogens is 1. The van der Waals surface area contributed by atoms with Crippen LogP contribution >= 0.6 is 11.6 Å². The van der Waals surface area contributed by atoms with Gasteiger partial charge in [0.25, 0.3) is 5.91 Å². The summed E-state index contributed by atoms with van der Waals surface area (Å²) < 4.78 is 12.0. The molecule has 2 N–H and O–H groups in total. The van der Waals surface area contributed by atoms with Gasteiger partial charge in [0, 0.05) is 74.4 Å². The molecule has 1 aromatic carbocycles. The highest BCUT2D eigenvalue weighted by atomic mass is 35.5. The van der Waals surface area contributed by atoms with Gasteiger partial charge in [-0.1, -0.05) is 39.3 Å². The smallest absolute Gasteiger partial charge is 0.410 e. The first-order valence-corrected chi connectivity index (χ1v) is 15.2. The minimum absolute atomic E-state index is 0.170. The number of carbonyl (C=O) groups is 2. The Morgan fingerprint density at radius 3 is 2.26 bits per heavy atom. The molecule has 2 saturated heterocycles. The lowest BCUT2D eigenvalue weighted by Gasteiger charge is -2.63. The van der Waals surface area contributed by atoms with Crippen molar-refractivity contribution in [2.24, 2.45) is 10.8 Å². The molecule has 1 aliphatic carbocycles. The highest BCUT2D eigenvalue weighted by Crippen LogP contribution is 2.55. The highest BCUT2D eigenvalue weighted by Gasteiger charge is 2.64. The minimum Gasteiger partial charge on any atom is -0.489 e. The average molecular weight is 611 g/mol. The first-order chi connectivity index (χ1) is 20.4. The molecule has 12 heteroatoms. The second-order valence-corrected chi connectivity index (χ2v) is 13.3. The van der Waals surface area contributed by atoms with Gasteiger partial charge in [-0.3, -0.25) is 4.79 Å². The number of ether oxygens (including phenoxy) is 2. The molecule has 230 valence electrons. The highest BCUT2D eigenvalue weighted by molar-refractivity contribution is 6.31. The second kappa shape index (κ2) is 12.2. The van der Waals surface area contributed by atoms with Gasteiger partial charge in [0.05, 0.1) is 22.3 Å². The summed E-state index contributed by atoms with van der Waals surface area (Å²) in [6.45, 7) is 10.5.